The highest BCUT2D eigenvalue weighted by atomic mass is 35.5. The summed E-state index contributed by atoms with van der Waals surface area (Å²) in [5.74, 6) is 0.855. The van der Waals surface area contributed by atoms with Gasteiger partial charge >= 0.3 is 0 Å². The van der Waals surface area contributed by atoms with Gasteiger partial charge in [0.15, 0.2) is 5.75 Å². The van der Waals surface area contributed by atoms with Gasteiger partial charge in [0, 0.05) is 12.0 Å². The minimum atomic E-state index is 0. The molecule has 0 unspecified atom stereocenters. The lowest BCUT2D eigenvalue weighted by Gasteiger charge is -2.14. The zero-order chi connectivity index (χ0) is 6.81. The van der Waals surface area contributed by atoms with E-state index in [9.17, 15) is 0 Å². The van der Waals surface area contributed by atoms with Gasteiger partial charge in [0.1, 0.15) is 0 Å². The molecule has 0 radical (unpaired) electrons. The summed E-state index contributed by atoms with van der Waals surface area (Å²) in [6, 6.07) is 7.91. The van der Waals surface area contributed by atoms with E-state index in [1.807, 2.05) is 18.2 Å². The van der Waals surface area contributed by atoms with Crippen LogP contribution in [-0.4, -0.2) is 6.61 Å². The maximum absolute atomic E-state index is 4.92. The van der Waals surface area contributed by atoms with Crippen molar-refractivity contribution < 1.29 is 9.78 Å². The molecule has 0 bridgehead atoms. The third-order valence-corrected chi connectivity index (χ3v) is 1.58. The number of hydrogen-bond donors (Lipinski definition) is 0. The molecule has 0 atom stereocenters. The van der Waals surface area contributed by atoms with Crippen LogP contribution in [0.15, 0.2) is 24.3 Å². The van der Waals surface area contributed by atoms with Crippen LogP contribution in [-0.2, 0) is 11.3 Å². The van der Waals surface area contributed by atoms with E-state index in [1.165, 1.54) is 5.56 Å². The Bertz CT molecular complexity index is 212. The Morgan fingerprint density at radius 3 is 2.82 bits per heavy atom. The number of hydrogen-bond acceptors (Lipinski definition) is 2. The fourth-order valence-electron chi connectivity index (χ4n) is 1.05. The predicted octanol–water partition coefficient (Wildman–Crippen LogP) is 1.97. The topological polar surface area (TPSA) is 18.5 Å². The second-order valence-electron chi connectivity index (χ2n) is 2.26. The lowest BCUT2D eigenvalue weighted by Crippen LogP contribution is -2.10. The molecule has 1 aliphatic heterocycles. The molecular weight excluding hydrogens is 164 g/mol. The van der Waals surface area contributed by atoms with Crippen LogP contribution in [0.2, 0.25) is 0 Å². The summed E-state index contributed by atoms with van der Waals surface area (Å²) in [6.45, 7) is 0.664. The number of halogens is 1. The van der Waals surface area contributed by atoms with Gasteiger partial charge in [-0.05, 0) is 6.07 Å². The van der Waals surface area contributed by atoms with Crippen LogP contribution in [0.5, 0.6) is 5.75 Å². The van der Waals surface area contributed by atoms with Crippen molar-refractivity contribution in [1.82, 2.24) is 0 Å². The molecule has 1 aromatic rings. The summed E-state index contributed by atoms with van der Waals surface area (Å²) in [4.78, 5) is 9.72. The number of fused-ring (bicyclic) bond motifs is 1. The molecule has 2 nitrogen and oxygen atoms in total. The first-order valence-electron chi connectivity index (χ1n) is 3.34. The third kappa shape index (κ3) is 1.64. The zero-order valence-corrected chi connectivity index (χ0v) is 6.76. The molecule has 0 saturated carbocycles. The van der Waals surface area contributed by atoms with Crippen molar-refractivity contribution in [2.45, 2.75) is 6.42 Å². The van der Waals surface area contributed by atoms with E-state index >= 15 is 0 Å². The molecule has 2 rings (SSSR count). The Hall–Kier alpha value is -0.730. The molecule has 0 aromatic heterocycles. The van der Waals surface area contributed by atoms with E-state index in [-0.39, 0.29) is 12.4 Å². The third-order valence-electron chi connectivity index (χ3n) is 1.58. The second-order valence-corrected chi connectivity index (χ2v) is 2.26. The summed E-state index contributed by atoms with van der Waals surface area (Å²) in [7, 11) is 0. The van der Waals surface area contributed by atoms with Crippen LogP contribution in [0.4, 0.5) is 0 Å². The summed E-state index contributed by atoms with van der Waals surface area (Å²) in [5.41, 5.74) is 1.23. The SMILES string of the molecule is Cl.c1ccc2c(c1)CCOO2. The van der Waals surface area contributed by atoms with Gasteiger partial charge in [-0.2, -0.15) is 4.89 Å². The molecule has 0 aliphatic carbocycles. The van der Waals surface area contributed by atoms with Crippen LogP contribution >= 0.6 is 12.4 Å². The van der Waals surface area contributed by atoms with E-state index in [4.69, 9.17) is 9.78 Å². The molecule has 0 N–H and O–H groups in total. The van der Waals surface area contributed by atoms with Crippen LogP contribution in [0.3, 0.4) is 0 Å². The molecule has 1 heterocycles. The monoisotopic (exact) mass is 172 g/mol. The van der Waals surface area contributed by atoms with E-state index in [0.29, 0.717) is 6.61 Å². The van der Waals surface area contributed by atoms with Crippen LogP contribution in [0, 0.1) is 0 Å². The molecular formula is C8H9ClO2. The van der Waals surface area contributed by atoms with Crippen molar-refractivity contribution in [2.75, 3.05) is 6.61 Å². The first-order chi connectivity index (χ1) is 4.97. The predicted molar refractivity (Wildman–Crippen MR) is 44.0 cm³/mol. The first kappa shape index (κ1) is 8.37. The van der Waals surface area contributed by atoms with E-state index < -0.39 is 0 Å². The van der Waals surface area contributed by atoms with Crippen molar-refractivity contribution in [1.29, 1.82) is 0 Å². The Morgan fingerprint density at radius 2 is 2.00 bits per heavy atom. The fourth-order valence-corrected chi connectivity index (χ4v) is 1.05. The summed E-state index contributed by atoms with van der Waals surface area (Å²) in [5, 5.41) is 0. The lowest BCUT2D eigenvalue weighted by molar-refractivity contribution is -0.215. The summed E-state index contributed by atoms with van der Waals surface area (Å²) in [6.07, 6.45) is 0.955. The van der Waals surface area contributed by atoms with Crippen LogP contribution in [0.25, 0.3) is 0 Å². The maximum atomic E-state index is 4.92. The van der Waals surface area contributed by atoms with Gasteiger partial charge in [0.05, 0.1) is 6.61 Å². The van der Waals surface area contributed by atoms with Gasteiger partial charge in [0.2, 0.25) is 0 Å². The number of para-hydroxylation sites is 1. The Labute approximate surface area is 71.5 Å². The van der Waals surface area contributed by atoms with Crippen LogP contribution < -0.4 is 4.89 Å². The Morgan fingerprint density at radius 1 is 1.18 bits per heavy atom. The van der Waals surface area contributed by atoms with Gasteiger partial charge in [-0.3, -0.25) is 0 Å². The standard InChI is InChI=1S/C8H8O2.ClH/c1-2-4-8-7(3-1)5-6-9-10-8;/h1-4H,5-6H2;1H. The van der Waals surface area contributed by atoms with Gasteiger partial charge in [-0.1, -0.05) is 18.2 Å². The van der Waals surface area contributed by atoms with Gasteiger partial charge in [0.25, 0.3) is 0 Å². The van der Waals surface area contributed by atoms with Gasteiger partial charge in [-0.15, -0.1) is 12.4 Å². The molecule has 0 saturated heterocycles. The molecule has 1 aliphatic rings. The highest BCUT2D eigenvalue weighted by molar-refractivity contribution is 5.85. The van der Waals surface area contributed by atoms with E-state index in [1.54, 1.807) is 0 Å². The molecule has 3 heteroatoms. The van der Waals surface area contributed by atoms with Crippen LogP contribution in [0.1, 0.15) is 5.56 Å². The number of rotatable bonds is 0. The summed E-state index contributed by atoms with van der Waals surface area (Å²) < 4.78 is 0. The summed E-state index contributed by atoms with van der Waals surface area (Å²) >= 11 is 0. The average molecular weight is 173 g/mol. The molecule has 11 heavy (non-hydrogen) atoms. The highest BCUT2D eigenvalue weighted by Gasteiger charge is 2.08. The highest BCUT2D eigenvalue weighted by Crippen LogP contribution is 2.21. The Kier molecular flexibility index (Phi) is 2.74. The molecule has 0 amide bonds. The van der Waals surface area contributed by atoms with Crippen molar-refractivity contribution in [3.8, 4) is 5.75 Å². The van der Waals surface area contributed by atoms with Crippen molar-refractivity contribution in [3.05, 3.63) is 29.8 Å². The second kappa shape index (κ2) is 3.60. The smallest absolute Gasteiger partial charge is 0.168 e. The maximum Gasteiger partial charge on any atom is 0.168 e. The van der Waals surface area contributed by atoms with Gasteiger partial charge in [-0.25, -0.2) is 0 Å². The molecule has 0 spiro atoms. The Balaban J connectivity index is 0.000000605. The minimum Gasteiger partial charge on any atom is -0.337 e. The van der Waals surface area contributed by atoms with Crippen molar-refractivity contribution in [3.63, 3.8) is 0 Å². The first-order valence-corrected chi connectivity index (χ1v) is 3.34. The van der Waals surface area contributed by atoms with E-state index in [0.717, 1.165) is 12.2 Å². The average Bonchev–Trinajstić information content (AvgIpc) is 2.05. The zero-order valence-electron chi connectivity index (χ0n) is 5.95. The van der Waals surface area contributed by atoms with E-state index in [2.05, 4.69) is 6.07 Å². The molecule has 0 fully saturated rings. The van der Waals surface area contributed by atoms with Crippen molar-refractivity contribution in [2.24, 2.45) is 0 Å². The normalized spacial score (nSPS) is 14.2. The fraction of sp³-hybridized carbons (Fsp3) is 0.250. The van der Waals surface area contributed by atoms with Crippen molar-refractivity contribution >= 4 is 12.4 Å². The molecule has 60 valence electrons. The number of benzene rings is 1. The van der Waals surface area contributed by atoms with Gasteiger partial charge < -0.3 is 4.89 Å². The largest absolute Gasteiger partial charge is 0.337 e. The minimum absolute atomic E-state index is 0. The quantitative estimate of drug-likeness (QED) is 0.557. The lowest BCUT2D eigenvalue weighted by atomic mass is 10.1. The molecule has 1 aromatic carbocycles.